The molecule has 0 spiro atoms. The first kappa shape index (κ1) is 22.2. The average Bonchev–Trinajstić information content (AvgIpc) is 3.20. The Bertz CT molecular complexity index is 1070. The molecule has 1 aromatic heterocycles. The Labute approximate surface area is 187 Å². The molecule has 0 unspecified atom stereocenters. The van der Waals surface area contributed by atoms with E-state index in [1.165, 1.54) is 16.4 Å². The molecular weight excluding hydrogens is 440 g/mol. The molecule has 0 radical (unpaired) electrons. The number of halogens is 1. The number of aromatic nitrogens is 2. The third-order valence-electron chi connectivity index (χ3n) is 6.02. The quantitative estimate of drug-likeness (QED) is 0.684. The maximum atomic E-state index is 13.2. The summed E-state index contributed by atoms with van der Waals surface area (Å²) >= 11 is 6.27. The lowest BCUT2D eigenvalue weighted by molar-refractivity contribution is 0.0695. The van der Waals surface area contributed by atoms with Gasteiger partial charge >= 0.3 is 0 Å². The van der Waals surface area contributed by atoms with E-state index < -0.39 is 10.0 Å². The lowest BCUT2D eigenvalue weighted by Gasteiger charge is -2.32. The van der Waals surface area contributed by atoms with Crippen molar-refractivity contribution in [3.8, 4) is 0 Å². The molecule has 2 aromatic rings. The molecule has 0 saturated carbocycles. The molecule has 2 atom stereocenters. The maximum Gasteiger partial charge on any atom is 0.253 e. The van der Waals surface area contributed by atoms with Crippen LogP contribution in [0.3, 0.4) is 0 Å². The predicted octanol–water partition coefficient (Wildman–Crippen LogP) is 3.47. The molecule has 0 N–H and O–H groups in total. The van der Waals surface area contributed by atoms with E-state index in [-0.39, 0.29) is 21.7 Å². The van der Waals surface area contributed by atoms with Gasteiger partial charge in [0.15, 0.2) is 5.82 Å². The summed E-state index contributed by atoms with van der Waals surface area (Å²) in [5.74, 6) is 1.16. The second-order valence-corrected chi connectivity index (χ2v) is 10.8. The number of amides is 1. The first-order valence-electron chi connectivity index (χ1n) is 10.6. The molecule has 10 heteroatoms. The van der Waals surface area contributed by atoms with E-state index >= 15 is 0 Å². The Hall–Kier alpha value is -1.97. The van der Waals surface area contributed by atoms with Crippen LogP contribution in [0.1, 0.15) is 60.6 Å². The maximum absolute atomic E-state index is 13.2. The van der Waals surface area contributed by atoms with E-state index in [9.17, 15) is 13.2 Å². The standard InChI is InChI=1S/C21H27ClN4O4S/c1-14-5-3-10-26(12-14)31(28,29)19-11-16(7-8-18(19)22)21(27)25-9-4-6-17(13-25)20-23-15(2)24-30-20/h7-8,11,14,17H,3-6,9-10,12-13H2,1-2H3/t14-,17+/m0/s1. The molecular formula is C21H27ClN4O4S. The Morgan fingerprint density at radius 2 is 1.97 bits per heavy atom. The van der Waals surface area contributed by atoms with Crippen LogP contribution in [0.5, 0.6) is 0 Å². The fourth-order valence-electron chi connectivity index (χ4n) is 4.36. The summed E-state index contributed by atoms with van der Waals surface area (Å²) in [6, 6.07) is 4.50. The number of carbonyl (C=O) groups excluding carboxylic acids is 1. The van der Waals surface area contributed by atoms with Crippen LogP contribution in [0.15, 0.2) is 27.6 Å². The lowest BCUT2D eigenvalue weighted by Crippen LogP contribution is -2.40. The van der Waals surface area contributed by atoms with Crippen LogP contribution < -0.4 is 0 Å². The molecule has 1 amide bonds. The smallest absolute Gasteiger partial charge is 0.253 e. The number of benzene rings is 1. The molecule has 8 nitrogen and oxygen atoms in total. The monoisotopic (exact) mass is 466 g/mol. The summed E-state index contributed by atoms with van der Waals surface area (Å²) in [5.41, 5.74) is 0.315. The number of sulfonamides is 1. The van der Waals surface area contributed by atoms with Gasteiger partial charge in [0.25, 0.3) is 5.91 Å². The minimum absolute atomic E-state index is 0.00444. The molecule has 1 aromatic carbocycles. The van der Waals surface area contributed by atoms with Crippen LogP contribution >= 0.6 is 11.6 Å². The highest BCUT2D eigenvalue weighted by Crippen LogP contribution is 2.31. The van der Waals surface area contributed by atoms with Crippen LogP contribution in [0, 0.1) is 12.8 Å². The van der Waals surface area contributed by atoms with Gasteiger partial charge < -0.3 is 9.42 Å². The van der Waals surface area contributed by atoms with E-state index in [2.05, 4.69) is 10.1 Å². The van der Waals surface area contributed by atoms with Crippen molar-refractivity contribution in [2.45, 2.75) is 50.3 Å². The molecule has 2 aliphatic heterocycles. The van der Waals surface area contributed by atoms with E-state index in [0.717, 1.165) is 25.7 Å². The molecule has 4 rings (SSSR count). The molecule has 2 aliphatic rings. The number of carbonyl (C=O) groups is 1. The van der Waals surface area contributed by atoms with Gasteiger partial charge in [-0.2, -0.15) is 9.29 Å². The SMILES string of the molecule is Cc1noc([C@@H]2CCCN(C(=O)c3ccc(Cl)c(S(=O)(=O)N4CCC[C@H](C)C4)c3)C2)n1. The number of likely N-dealkylation sites (tertiary alicyclic amines) is 1. The van der Waals surface area contributed by atoms with Crippen LogP contribution in [0.2, 0.25) is 5.02 Å². The zero-order valence-electron chi connectivity index (χ0n) is 17.8. The lowest BCUT2D eigenvalue weighted by atomic mass is 9.97. The topological polar surface area (TPSA) is 96.6 Å². The molecule has 31 heavy (non-hydrogen) atoms. The Morgan fingerprint density at radius 1 is 1.19 bits per heavy atom. The number of nitrogens with zero attached hydrogens (tertiary/aromatic N) is 4. The van der Waals surface area contributed by atoms with Gasteiger partial charge in [0.2, 0.25) is 15.9 Å². The highest BCUT2D eigenvalue weighted by atomic mass is 35.5. The van der Waals surface area contributed by atoms with Crippen molar-refractivity contribution in [1.82, 2.24) is 19.3 Å². The largest absolute Gasteiger partial charge is 0.339 e. The summed E-state index contributed by atoms with van der Waals surface area (Å²) in [6.45, 7) is 5.79. The fraction of sp³-hybridized carbons (Fsp3) is 0.571. The fourth-order valence-corrected chi connectivity index (χ4v) is 6.46. The summed E-state index contributed by atoms with van der Waals surface area (Å²) in [5, 5.41) is 3.97. The Balaban J connectivity index is 1.56. The summed E-state index contributed by atoms with van der Waals surface area (Å²) < 4.78 is 33.2. The second-order valence-electron chi connectivity index (χ2n) is 8.53. The average molecular weight is 467 g/mol. The van der Waals surface area contributed by atoms with Crippen molar-refractivity contribution in [3.63, 3.8) is 0 Å². The van der Waals surface area contributed by atoms with Gasteiger partial charge in [-0.25, -0.2) is 8.42 Å². The van der Waals surface area contributed by atoms with Crippen LogP contribution in [0.25, 0.3) is 0 Å². The Morgan fingerprint density at radius 3 is 2.68 bits per heavy atom. The van der Waals surface area contributed by atoms with E-state index in [1.807, 2.05) is 6.92 Å². The molecule has 0 bridgehead atoms. The highest BCUT2D eigenvalue weighted by molar-refractivity contribution is 7.89. The number of rotatable bonds is 4. The zero-order valence-corrected chi connectivity index (χ0v) is 19.3. The van der Waals surface area contributed by atoms with Gasteiger partial charge in [-0.1, -0.05) is 23.7 Å². The van der Waals surface area contributed by atoms with Crippen molar-refractivity contribution in [1.29, 1.82) is 0 Å². The summed E-state index contributed by atoms with van der Waals surface area (Å²) in [6.07, 6.45) is 3.50. The minimum Gasteiger partial charge on any atom is -0.339 e. The van der Waals surface area contributed by atoms with Crippen molar-refractivity contribution < 1.29 is 17.7 Å². The van der Waals surface area contributed by atoms with E-state index in [4.69, 9.17) is 16.1 Å². The van der Waals surface area contributed by atoms with Gasteiger partial charge in [-0.05, 0) is 56.7 Å². The van der Waals surface area contributed by atoms with Crippen LogP contribution in [-0.4, -0.2) is 59.8 Å². The van der Waals surface area contributed by atoms with Gasteiger partial charge in [-0.3, -0.25) is 4.79 Å². The molecule has 168 valence electrons. The normalized spacial score (nSPS) is 23.1. The van der Waals surface area contributed by atoms with Crippen molar-refractivity contribution in [2.75, 3.05) is 26.2 Å². The first-order valence-corrected chi connectivity index (χ1v) is 12.5. The zero-order chi connectivity index (χ0) is 22.2. The van der Waals surface area contributed by atoms with Gasteiger partial charge in [0, 0.05) is 31.7 Å². The highest BCUT2D eigenvalue weighted by Gasteiger charge is 2.33. The van der Waals surface area contributed by atoms with E-state index in [0.29, 0.717) is 49.4 Å². The molecule has 2 fully saturated rings. The minimum atomic E-state index is -3.77. The molecule has 2 saturated heterocycles. The predicted molar refractivity (Wildman–Crippen MR) is 116 cm³/mol. The second kappa shape index (κ2) is 8.88. The van der Waals surface area contributed by atoms with Crippen LogP contribution in [0.4, 0.5) is 0 Å². The number of aryl methyl sites for hydroxylation is 1. The van der Waals surface area contributed by atoms with Crippen molar-refractivity contribution in [3.05, 3.63) is 40.5 Å². The number of hydrogen-bond donors (Lipinski definition) is 0. The number of piperidine rings is 2. The Kier molecular flexibility index (Phi) is 6.37. The van der Waals surface area contributed by atoms with E-state index in [1.54, 1.807) is 17.9 Å². The van der Waals surface area contributed by atoms with Crippen molar-refractivity contribution in [2.24, 2.45) is 5.92 Å². The van der Waals surface area contributed by atoms with Gasteiger partial charge in [0.1, 0.15) is 4.90 Å². The van der Waals surface area contributed by atoms with Crippen LogP contribution in [-0.2, 0) is 10.0 Å². The summed E-state index contributed by atoms with van der Waals surface area (Å²) in [7, 11) is -3.77. The molecule has 3 heterocycles. The third kappa shape index (κ3) is 4.63. The summed E-state index contributed by atoms with van der Waals surface area (Å²) in [4.78, 5) is 19.2. The molecule has 0 aliphatic carbocycles. The van der Waals surface area contributed by atoms with Gasteiger partial charge in [0.05, 0.1) is 10.9 Å². The number of hydrogen-bond acceptors (Lipinski definition) is 6. The third-order valence-corrected chi connectivity index (χ3v) is 8.36. The van der Waals surface area contributed by atoms with Crippen molar-refractivity contribution >= 4 is 27.5 Å². The van der Waals surface area contributed by atoms with Gasteiger partial charge in [-0.15, -0.1) is 0 Å². The first-order chi connectivity index (χ1) is 14.8.